The first-order valence-electron chi connectivity index (χ1n) is 6.39. The summed E-state index contributed by atoms with van der Waals surface area (Å²) < 4.78 is 5.88. The van der Waals surface area contributed by atoms with Gasteiger partial charge < -0.3 is 4.42 Å². The van der Waals surface area contributed by atoms with Crippen LogP contribution in [0.3, 0.4) is 0 Å². The standard InChI is InChI=1S/C16H15ClN2O/c1-10-4-2-3-5-13(10)16(19-18)15-9-11-8-12(17)6-7-14(11)20-15/h2-9,16,19H,18H2,1H3. The lowest BCUT2D eigenvalue weighted by Gasteiger charge is -2.15. The minimum atomic E-state index is -0.178. The highest BCUT2D eigenvalue weighted by Gasteiger charge is 2.18. The molecule has 3 N–H and O–H groups in total. The first-order valence-corrected chi connectivity index (χ1v) is 6.77. The quantitative estimate of drug-likeness (QED) is 0.566. The zero-order valence-corrected chi connectivity index (χ0v) is 11.8. The summed E-state index contributed by atoms with van der Waals surface area (Å²) in [6.45, 7) is 2.05. The van der Waals surface area contributed by atoms with E-state index in [1.807, 2.05) is 42.5 Å². The summed E-state index contributed by atoms with van der Waals surface area (Å²) in [5, 5.41) is 1.67. The van der Waals surface area contributed by atoms with Crippen molar-refractivity contribution in [1.82, 2.24) is 5.43 Å². The lowest BCUT2D eigenvalue weighted by molar-refractivity contribution is 0.476. The molecule has 0 aliphatic rings. The first-order chi connectivity index (χ1) is 9.69. The molecule has 0 bridgehead atoms. The van der Waals surface area contributed by atoms with Crippen molar-refractivity contribution >= 4 is 22.6 Å². The minimum Gasteiger partial charge on any atom is -0.459 e. The molecule has 1 unspecified atom stereocenters. The molecule has 2 aromatic carbocycles. The summed E-state index contributed by atoms with van der Waals surface area (Å²) in [5.74, 6) is 6.50. The van der Waals surface area contributed by atoms with Gasteiger partial charge in [0.15, 0.2) is 0 Å². The lowest BCUT2D eigenvalue weighted by atomic mass is 10.00. The van der Waals surface area contributed by atoms with Gasteiger partial charge in [0.1, 0.15) is 17.4 Å². The Kier molecular flexibility index (Phi) is 3.49. The average molecular weight is 287 g/mol. The molecule has 0 spiro atoms. The fourth-order valence-electron chi connectivity index (χ4n) is 2.41. The number of furan rings is 1. The van der Waals surface area contributed by atoms with Crippen LogP contribution in [-0.4, -0.2) is 0 Å². The van der Waals surface area contributed by atoms with E-state index in [2.05, 4.69) is 18.4 Å². The fourth-order valence-corrected chi connectivity index (χ4v) is 2.59. The number of nitrogens with two attached hydrogens (primary N) is 1. The van der Waals surface area contributed by atoms with E-state index in [1.54, 1.807) is 0 Å². The zero-order valence-electron chi connectivity index (χ0n) is 11.1. The normalized spacial score (nSPS) is 12.8. The molecule has 20 heavy (non-hydrogen) atoms. The van der Waals surface area contributed by atoms with Crippen molar-refractivity contribution in [3.63, 3.8) is 0 Å². The molecule has 102 valence electrons. The number of nitrogens with one attached hydrogen (secondary N) is 1. The SMILES string of the molecule is Cc1ccccc1C(NN)c1cc2cc(Cl)ccc2o1. The highest BCUT2D eigenvalue weighted by molar-refractivity contribution is 6.31. The molecular weight excluding hydrogens is 272 g/mol. The molecule has 1 aromatic heterocycles. The third-order valence-electron chi connectivity index (χ3n) is 3.45. The number of aryl methyl sites for hydroxylation is 1. The van der Waals surface area contributed by atoms with Gasteiger partial charge >= 0.3 is 0 Å². The molecule has 0 saturated heterocycles. The number of rotatable bonds is 3. The number of hydrogen-bond acceptors (Lipinski definition) is 3. The summed E-state index contributed by atoms with van der Waals surface area (Å²) in [6, 6.07) is 15.5. The van der Waals surface area contributed by atoms with Gasteiger partial charge in [-0.15, -0.1) is 0 Å². The molecule has 0 saturated carbocycles. The topological polar surface area (TPSA) is 51.2 Å². The average Bonchev–Trinajstić information content (AvgIpc) is 2.84. The molecule has 0 aliphatic heterocycles. The van der Waals surface area contributed by atoms with Gasteiger partial charge in [0.2, 0.25) is 0 Å². The Morgan fingerprint density at radius 3 is 2.70 bits per heavy atom. The monoisotopic (exact) mass is 286 g/mol. The Morgan fingerprint density at radius 2 is 1.95 bits per heavy atom. The first kappa shape index (κ1) is 13.2. The molecule has 3 nitrogen and oxygen atoms in total. The van der Waals surface area contributed by atoms with Crippen LogP contribution >= 0.6 is 11.6 Å². The third kappa shape index (κ3) is 2.31. The minimum absolute atomic E-state index is 0.178. The molecule has 1 atom stereocenters. The van der Waals surface area contributed by atoms with Crippen LogP contribution in [0.25, 0.3) is 11.0 Å². The molecule has 0 aliphatic carbocycles. The van der Waals surface area contributed by atoms with E-state index in [-0.39, 0.29) is 6.04 Å². The highest BCUT2D eigenvalue weighted by Crippen LogP contribution is 2.30. The Bertz CT molecular complexity index is 751. The van der Waals surface area contributed by atoms with Gasteiger partial charge in [-0.25, -0.2) is 5.43 Å². The Hall–Kier alpha value is -1.81. The Labute approximate surface area is 122 Å². The maximum Gasteiger partial charge on any atom is 0.134 e. The summed E-state index contributed by atoms with van der Waals surface area (Å²) in [6.07, 6.45) is 0. The summed E-state index contributed by atoms with van der Waals surface area (Å²) in [7, 11) is 0. The smallest absolute Gasteiger partial charge is 0.134 e. The summed E-state index contributed by atoms with van der Waals surface area (Å²) in [4.78, 5) is 0. The molecule has 0 amide bonds. The Morgan fingerprint density at radius 1 is 1.15 bits per heavy atom. The fraction of sp³-hybridized carbons (Fsp3) is 0.125. The van der Waals surface area contributed by atoms with E-state index in [9.17, 15) is 0 Å². The predicted octanol–water partition coefficient (Wildman–Crippen LogP) is 3.95. The van der Waals surface area contributed by atoms with Crippen molar-refractivity contribution in [2.45, 2.75) is 13.0 Å². The molecular formula is C16H15ClN2O. The van der Waals surface area contributed by atoms with Crippen molar-refractivity contribution in [3.05, 3.63) is 70.4 Å². The number of fused-ring (bicyclic) bond motifs is 1. The van der Waals surface area contributed by atoms with Crippen LogP contribution < -0.4 is 11.3 Å². The van der Waals surface area contributed by atoms with Crippen LogP contribution in [0.15, 0.2) is 52.9 Å². The second-order valence-electron chi connectivity index (χ2n) is 4.79. The van der Waals surface area contributed by atoms with Gasteiger partial charge in [0, 0.05) is 10.4 Å². The van der Waals surface area contributed by atoms with E-state index >= 15 is 0 Å². The number of hydrogen-bond donors (Lipinski definition) is 2. The Balaban J connectivity index is 2.10. The van der Waals surface area contributed by atoms with E-state index in [0.29, 0.717) is 5.02 Å². The van der Waals surface area contributed by atoms with Crippen LogP contribution in [0.5, 0.6) is 0 Å². The molecule has 3 aromatic rings. The molecule has 0 radical (unpaired) electrons. The number of hydrazine groups is 1. The van der Waals surface area contributed by atoms with Crippen molar-refractivity contribution in [2.24, 2.45) is 5.84 Å². The van der Waals surface area contributed by atoms with E-state index in [4.69, 9.17) is 21.9 Å². The van der Waals surface area contributed by atoms with E-state index in [0.717, 1.165) is 27.9 Å². The predicted molar refractivity (Wildman–Crippen MR) is 81.6 cm³/mol. The molecule has 4 heteroatoms. The second kappa shape index (κ2) is 5.29. The van der Waals surface area contributed by atoms with Gasteiger partial charge in [0.25, 0.3) is 0 Å². The molecule has 0 fully saturated rings. The third-order valence-corrected chi connectivity index (χ3v) is 3.68. The van der Waals surface area contributed by atoms with Gasteiger partial charge in [0.05, 0.1) is 0 Å². The van der Waals surface area contributed by atoms with Crippen LogP contribution in [0.4, 0.5) is 0 Å². The van der Waals surface area contributed by atoms with Crippen LogP contribution in [-0.2, 0) is 0 Å². The summed E-state index contributed by atoms with van der Waals surface area (Å²) in [5.41, 5.74) is 5.89. The van der Waals surface area contributed by atoms with Crippen LogP contribution in [0.1, 0.15) is 22.9 Å². The summed E-state index contributed by atoms with van der Waals surface area (Å²) >= 11 is 6.00. The van der Waals surface area contributed by atoms with Crippen molar-refractivity contribution in [2.75, 3.05) is 0 Å². The zero-order chi connectivity index (χ0) is 14.1. The number of benzene rings is 2. The lowest BCUT2D eigenvalue weighted by Crippen LogP contribution is -2.29. The van der Waals surface area contributed by atoms with Crippen LogP contribution in [0.2, 0.25) is 5.02 Å². The van der Waals surface area contributed by atoms with Crippen LogP contribution in [0, 0.1) is 6.92 Å². The van der Waals surface area contributed by atoms with E-state index < -0.39 is 0 Å². The second-order valence-corrected chi connectivity index (χ2v) is 5.22. The largest absolute Gasteiger partial charge is 0.459 e. The van der Waals surface area contributed by atoms with E-state index in [1.165, 1.54) is 0 Å². The van der Waals surface area contributed by atoms with Gasteiger partial charge in [-0.05, 0) is 42.3 Å². The maximum absolute atomic E-state index is 6.00. The van der Waals surface area contributed by atoms with Crippen molar-refractivity contribution in [3.8, 4) is 0 Å². The molecule has 3 rings (SSSR count). The van der Waals surface area contributed by atoms with Crippen molar-refractivity contribution in [1.29, 1.82) is 0 Å². The van der Waals surface area contributed by atoms with Crippen molar-refractivity contribution < 1.29 is 4.42 Å². The van der Waals surface area contributed by atoms with Gasteiger partial charge in [-0.3, -0.25) is 5.84 Å². The highest BCUT2D eigenvalue weighted by atomic mass is 35.5. The molecule has 1 heterocycles. The van der Waals surface area contributed by atoms with Gasteiger partial charge in [-0.1, -0.05) is 35.9 Å². The number of halogens is 1. The maximum atomic E-state index is 6.00. The van der Waals surface area contributed by atoms with Gasteiger partial charge in [-0.2, -0.15) is 0 Å².